The summed E-state index contributed by atoms with van der Waals surface area (Å²) in [4.78, 5) is 13.6. The van der Waals surface area contributed by atoms with Gasteiger partial charge in [-0.2, -0.15) is 0 Å². The Morgan fingerprint density at radius 3 is 2.88 bits per heavy atom. The zero-order chi connectivity index (χ0) is 12.8. The quantitative estimate of drug-likeness (QED) is 0.799. The van der Waals surface area contributed by atoms with Gasteiger partial charge in [0.05, 0.1) is 5.56 Å². The van der Waals surface area contributed by atoms with Gasteiger partial charge in [0.2, 0.25) is 0 Å². The van der Waals surface area contributed by atoms with Crippen LogP contribution in [0.2, 0.25) is 0 Å². The zero-order valence-electron chi connectivity index (χ0n) is 9.82. The van der Waals surface area contributed by atoms with Crippen molar-refractivity contribution < 1.29 is 14.3 Å². The molecule has 0 heterocycles. The van der Waals surface area contributed by atoms with Gasteiger partial charge in [0.15, 0.2) is 0 Å². The third-order valence-corrected chi connectivity index (χ3v) is 2.32. The van der Waals surface area contributed by atoms with Crippen molar-refractivity contribution in [2.24, 2.45) is 0 Å². The zero-order valence-corrected chi connectivity index (χ0v) is 9.82. The molecule has 0 atom stereocenters. The number of nitrogens with zero attached hydrogens (tertiary/aromatic N) is 1. The lowest BCUT2D eigenvalue weighted by Gasteiger charge is -2.20. The molecule has 92 valence electrons. The van der Waals surface area contributed by atoms with Crippen LogP contribution in [-0.4, -0.2) is 29.0 Å². The number of amides is 1. The van der Waals surface area contributed by atoms with E-state index in [-0.39, 0.29) is 17.2 Å². The molecule has 0 aliphatic carbocycles. The van der Waals surface area contributed by atoms with Crippen molar-refractivity contribution in [3.05, 3.63) is 42.2 Å². The molecule has 0 aliphatic rings. The molecule has 0 aliphatic heterocycles. The average molecular weight is 237 g/mol. The Morgan fingerprint density at radius 1 is 1.59 bits per heavy atom. The summed E-state index contributed by atoms with van der Waals surface area (Å²) in [5.41, 5.74) is -0.0136. The molecular weight excluding hydrogens is 221 g/mol. The van der Waals surface area contributed by atoms with Crippen molar-refractivity contribution in [3.63, 3.8) is 0 Å². The maximum atomic E-state index is 13.0. The number of aromatic hydroxyl groups is 1. The topological polar surface area (TPSA) is 40.5 Å². The van der Waals surface area contributed by atoms with Gasteiger partial charge in [-0.25, -0.2) is 4.39 Å². The predicted octanol–water partition coefficient (Wildman–Crippen LogP) is 2.57. The van der Waals surface area contributed by atoms with Crippen molar-refractivity contribution >= 4 is 5.91 Å². The van der Waals surface area contributed by atoms with Crippen molar-refractivity contribution in [3.8, 4) is 5.75 Å². The van der Waals surface area contributed by atoms with Crippen LogP contribution in [0.25, 0.3) is 0 Å². The molecule has 3 nitrogen and oxygen atoms in total. The van der Waals surface area contributed by atoms with Crippen LogP contribution in [0.3, 0.4) is 0 Å². The van der Waals surface area contributed by atoms with E-state index in [0.29, 0.717) is 13.1 Å². The van der Waals surface area contributed by atoms with Gasteiger partial charge in [-0.05, 0) is 24.6 Å². The second-order valence-corrected chi connectivity index (χ2v) is 3.70. The highest BCUT2D eigenvalue weighted by molar-refractivity contribution is 5.96. The molecule has 1 amide bonds. The molecule has 1 N–H and O–H groups in total. The van der Waals surface area contributed by atoms with Gasteiger partial charge in [-0.1, -0.05) is 13.0 Å². The number of phenols is 1. The van der Waals surface area contributed by atoms with Gasteiger partial charge in [0.25, 0.3) is 5.91 Å². The Labute approximate surface area is 100 Å². The van der Waals surface area contributed by atoms with Crippen molar-refractivity contribution in [2.75, 3.05) is 13.1 Å². The van der Waals surface area contributed by atoms with Gasteiger partial charge in [-0.3, -0.25) is 4.79 Å². The Kier molecular flexibility index (Phi) is 4.69. The number of carbonyl (C=O) groups is 1. The number of benzene rings is 1. The molecule has 0 radical (unpaired) electrons. The summed E-state index contributed by atoms with van der Waals surface area (Å²) in [5, 5.41) is 9.55. The van der Waals surface area contributed by atoms with Gasteiger partial charge in [0.1, 0.15) is 11.6 Å². The maximum absolute atomic E-state index is 13.0. The number of hydrogen-bond acceptors (Lipinski definition) is 2. The van der Waals surface area contributed by atoms with Crippen LogP contribution in [0.15, 0.2) is 30.9 Å². The van der Waals surface area contributed by atoms with Crippen LogP contribution in [0.1, 0.15) is 23.7 Å². The number of phenolic OH excluding ortho intramolecular Hbond substituents is 1. The van der Waals surface area contributed by atoms with E-state index in [1.807, 2.05) is 6.92 Å². The molecule has 1 rings (SSSR count). The standard InChI is InChI=1S/C13H16FNO2/c1-3-7-15(8-4-2)13(17)11-9-10(14)5-6-12(11)16/h3,5-6,9,16H,1,4,7-8H2,2H3. The van der Waals surface area contributed by atoms with Crippen LogP contribution in [-0.2, 0) is 0 Å². The van der Waals surface area contributed by atoms with Crippen LogP contribution < -0.4 is 0 Å². The lowest BCUT2D eigenvalue weighted by atomic mass is 10.1. The minimum Gasteiger partial charge on any atom is -0.507 e. The number of rotatable bonds is 5. The fraction of sp³-hybridized carbons (Fsp3) is 0.308. The van der Waals surface area contributed by atoms with Gasteiger partial charge >= 0.3 is 0 Å². The third kappa shape index (κ3) is 3.31. The monoisotopic (exact) mass is 237 g/mol. The summed E-state index contributed by atoms with van der Waals surface area (Å²) in [5.74, 6) is -1.13. The summed E-state index contributed by atoms with van der Waals surface area (Å²) < 4.78 is 13.0. The smallest absolute Gasteiger partial charge is 0.257 e. The minimum absolute atomic E-state index is 0.0136. The molecule has 0 aromatic heterocycles. The molecule has 0 fully saturated rings. The minimum atomic E-state index is -0.541. The molecule has 0 saturated carbocycles. The van der Waals surface area contributed by atoms with E-state index in [1.165, 1.54) is 11.0 Å². The van der Waals surface area contributed by atoms with E-state index in [4.69, 9.17) is 0 Å². The van der Waals surface area contributed by atoms with Gasteiger partial charge in [0, 0.05) is 13.1 Å². The lowest BCUT2D eigenvalue weighted by Crippen LogP contribution is -2.32. The lowest BCUT2D eigenvalue weighted by molar-refractivity contribution is 0.0770. The molecule has 1 aromatic rings. The molecule has 0 spiro atoms. The molecule has 1 aromatic carbocycles. The Bertz CT molecular complexity index is 418. The summed E-state index contributed by atoms with van der Waals surface area (Å²) in [6.07, 6.45) is 2.39. The highest BCUT2D eigenvalue weighted by Gasteiger charge is 2.17. The Balaban J connectivity index is 2.99. The first kappa shape index (κ1) is 13.2. The van der Waals surface area contributed by atoms with E-state index in [0.717, 1.165) is 18.6 Å². The first-order valence-corrected chi connectivity index (χ1v) is 5.48. The maximum Gasteiger partial charge on any atom is 0.257 e. The molecular formula is C13H16FNO2. The average Bonchev–Trinajstić information content (AvgIpc) is 2.31. The number of carbonyl (C=O) groups excluding carboxylic acids is 1. The largest absolute Gasteiger partial charge is 0.507 e. The molecule has 0 unspecified atom stereocenters. The van der Waals surface area contributed by atoms with E-state index in [2.05, 4.69) is 6.58 Å². The highest BCUT2D eigenvalue weighted by atomic mass is 19.1. The molecule has 4 heteroatoms. The summed E-state index contributed by atoms with van der Waals surface area (Å²) in [6, 6.07) is 3.34. The molecule has 0 saturated heterocycles. The normalized spacial score (nSPS) is 10.0. The predicted molar refractivity (Wildman–Crippen MR) is 64.5 cm³/mol. The Morgan fingerprint density at radius 2 is 2.29 bits per heavy atom. The van der Waals surface area contributed by atoms with Crippen molar-refractivity contribution in [2.45, 2.75) is 13.3 Å². The van der Waals surface area contributed by atoms with Crippen LogP contribution in [0.4, 0.5) is 4.39 Å². The second kappa shape index (κ2) is 6.03. The van der Waals surface area contributed by atoms with E-state index >= 15 is 0 Å². The van der Waals surface area contributed by atoms with E-state index in [9.17, 15) is 14.3 Å². The van der Waals surface area contributed by atoms with Gasteiger partial charge < -0.3 is 10.0 Å². The highest BCUT2D eigenvalue weighted by Crippen LogP contribution is 2.19. The first-order valence-electron chi connectivity index (χ1n) is 5.48. The fourth-order valence-corrected chi connectivity index (χ4v) is 1.55. The summed E-state index contributed by atoms with van der Waals surface area (Å²) in [7, 11) is 0. The van der Waals surface area contributed by atoms with Crippen LogP contribution >= 0.6 is 0 Å². The first-order chi connectivity index (χ1) is 8.10. The fourth-order valence-electron chi connectivity index (χ4n) is 1.55. The number of hydrogen-bond donors (Lipinski definition) is 1. The third-order valence-electron chi connectivity index (χ3n) is 2.32. The van der Waals surface area contributed by atoms with Crippen molar-refractivity contribution in [1.29, 1.82) is 0 Å². The van der Waals surface area contributed by atoms with Crippen LogP contribution in [0.5, 0.6) is 5.75 Å². The van der Waals surface area contributed by atoms with Crippen molar-refractivity contribution in [1.82, 2.24) is 4.90 Å². The molecule has 17 heavy (non-hydrogen) atoms. The van der Waals surface area contributed by atoms with Gasteiger partial charge in [-0.15, -0.1) is 6.58 Å². The van der Waals surface area contributed by atoms with E-state index < -0.39 is 5.82 Å². The number of halogens is 1. The SMILES string of the molecule is C=CCN(CCC)C(=O)c1cc(F)ccc1O. The summed E-state index contributed by atoms with van der Waals surface area (Å²) in [6.45, 7) is 6.43. The second-order valence-electron chi connectivity index (χ2n) is 3.70. The van der Waals surface area contributed by atoms with E-state index in [1.54, 1.807) is 6.08 Å². The molecule has 0 bridgehead atoms. The Hall–Kier alpha value is -1.84. The van der Waals surface area contributed by atoms with Crippen LogP contribution in [0, 0.1) is 5.82 Å². The summed E-state index contributed by atoms with van der Waals surface area (Å²) >= 11 is 0.